The summed E-state index contributed by atoms with van der Waals surface area (Å²) >= 11 is 0. The SMILES string of the molecule is CC/C=C\C/C=C\C/C=C\C/C=C\CCC(=O)NC(COC1OC(CO)C(OC2OC(CO)C(OC3OC(CO)C(O)C(O)C3O)C(O)C2O)C(O)C1O)C(O)CCCCCCCCCCCCCCCCCCCCCCCCCCCCCCCCCCC. The van der Waals surface area contributed by atoms with Gasteiger partial charge in [-0.2, -0.15) is 0 Å². The fourth-order valence-electron chi connectivity index (χ4n) is 12.3. The zero-order valence-corrected chi connectivity index (χ0v) is 56.3. The van der Waals surface area contributed by atoms with Crippen molar-refractivity contribution in [2.75, 3.05) is 26.4 Å². The summed E-state index contributed by atoms with van der Waals surface area (Å²) < 4.78 is 34.3. The number of amides is 1. The van der Waals surface area contributed by atoms with Gasteiger partial charge in [-0.25, -0.2) is 0 Å². The molecule has 0 aromatic carbocycles. The second-order valence-corrected chi connectivity index (χ2v) is 26.0. The normalized spacial score (nSPS) is 28.1. The molecule has 17 unspecified atom stereocenters. The molecule has 0 aliphatic carbocycles. The minimum Gasteiger partial charge on any atom is -0.394 e. The lowest BCUT2D eigenvalue weighted by Crippen LogP contribution is -2.66. The van der Waals surface area contributed by atoms with Crippen LogP contribution in [0.25, 0.3) is 0 Å². The summed E-state index contributed by atoms with van der Waals surface area (Å²) in [5.74, 6) is -0.321. The van der Waals surface area contributed by atoms with Crippen LogP contribution in [0.15, 0.2) is 48.6 Å². The molecule has 3 saturated heterocycles. The van der Waals surface area contributed by atoms with Crippen molar-refractivity contribution in [3.8, 4) is 0 Å². The number of allylic oxidation sites excluding steroid dienone is 8. The number of hydrogen-bond donors (Lipinski definition) is 12. The van der Waals surface area contributed by atoms with E-state index in [2.05, 4.69) is 55.6 Å². The van der Waals surface area contributed by atoms with Gasteiger partial charge in [0.25, 0.3) is 0 Å². The van der Waals surface area contributed by atoms with Crippen molar-refractivity contribution in [1.82, 2.24) is 5.32 Å². The number of carbonyl (C=O) groups excluding carboxylic acids is 1. The topological polar surface area (TPSA) is 307 Å². The zero-order valence-electron chi connectivity index (χ0n) is 56.3. The molecule has 3 rings (SSSR count). The molecule has 3 aliphatic heterocycles. The van der Waals surface area contributed by atoms with Crippen LogP contribution in [0.4, 0.5) is 0 Å². The second kappa shape index (κ2) is 53.8. The number of unbranched alkanes of at least 4 members (excludes halogenated alkanes) is 32. The zero-order chi connectivity index (χ0) is 66.1. The number of carbonyl (C=O) groups is 1. The molecule has 0 aromatic rings. The van der Waals surface area contributed by atoms with E-state index in [-0.39, 0.29) is 18.9 Å². The van der Waals surface area contributed by atoms with Gasteiger partial charge in [0.05, 0.1) is 38.6 Å². The van der Waals surface area contributed by atoms with E-state index in [1.807, 2.05) is 12.2 Å². The third-order valence-electron chi connectivity index (χ3n) is 18.2. The smallest absolute Gasteiger partial charge is 0.220 e. The number of rotatable bonds is 56. The molecule has 0 spiro atoms. The van der Waals surface area contributed by atoms with Crippen LogP contribution in [0.3, 0.4) is 0 Å². The molecule has 12 N–H and O–H groups in total. The van der Waals surface area contributed by atoms with E-state index in [1.165, 1.54) is 186 Å². The van der Waals surface area contributed by atoms with Gasteiger partial charge in [-0.3, -0.25) is 4.79 Å². The molecule has 19 heteroatoms. The lowest BCUT2D eigenvalue weighted by Gasteiger charge is -2.48. The van der Waals surface area contributed by atoms with E-state index in [9.17, 15) is 61.0 Å². The minimum absolute atomic E-state index is 0.144. The Morgan fingerprint density at radius 3 is 1.12 bits per heavy atom. The van der Waals surface area contributed by atoms with E-state index in [1.54, 1.807) is 0 Å². The number of ether oxygens (including phenoxy) is 6. The Morgan fingerprint density at radius 1 is 0.407 bits per heavy atom. The molecular formula is C72H131NO18. The Kier molecular flexibility index (Phi) is 49.1. The monoisotopic (exact) mass is 1300 g/mol. The quantitative estimate of drug-likeness (QED) is 0.0199. The highest BCUT2D eigenvalue weighted by Gasteiger charge is 2.53. The summed E-state index contributed by atoms with van der Waals surface area (Å²) in [4.78, 5) is 13.3. The van der Waals surface area contributed by atoms with Crippen LogP contribution in [-0.2, 0) is 33.2 Å². The Morgan fingerprint density at radius 2 is 0.736 bits per heavy atom. The summed E-state index contributed by atoms with van der Waals surface area (Å²) in [6.07, 6.45) is 38.2. The van der Waals surface area contributed by atoms with Crippen LogP contribution in [0.1, 0.15) is 271 Å². The highest BCUT2D eigenvalue weighted by molar-refractivity contribution is 5.76. The van der Waals surface area contributed by atoms with Crippen molar-refractivity contribution in [3.63, 3.8) is 0 Å². The van der Waals surface area contributed by atoms with Crippen molar-refractivity contribution >= 4 is 5.91 Å². The van der Waals surface area contributed by atoms with E-state index in [4.69, 9.17) is 28.4 Å². The lowest BCUT2D eigenvalue weighted by molar-refractivity contribution is -0.379. The maximum atomic E-state index is 13.3. The first-order chi connectivity index (χ1) is 44.3. The Bertz CT molecular complexity index is 1840. The molecule has 19 nitrogen and oxygen atoms in total. The van der Waals surface area contributed by atoms with Gasteiger partial charge in [0, 0.05) is 6.42 Å². The average Bonchev–Trinajstić information content (AvgIpc) is 0.877. The molecular weight excluding hydrogens is 1170 g/mol. The molecule has 0 bridgehead atoms. The Labute approximate surface area is 548 Å². The van der Waals surface area contributed by atoms with Crippen molar-refractivity contribution in [3.05, 3.63) is 48.6 Å². The fraction of sp³-hybridized carbons (Fsp3) is 0.875. The predicted molar refractivity (Wildman–Crippen MR) is 356 cm³/mol. The summed E-state index contributed by atoms with van der Waals surface area (Å²) in [6.45, 7) is 1.64. The molecule has 3 heterocycles. The maximum absolute atomic E-state index is 13.3. The van der Waals surface area contributed by atoms with E-state index >= 15 is 0 Å². The molecule has 17 atom stereocenters. The van der Waals surface area contributed by atoms with Crippen molar-refractivity contribution < 1.29 is 89.4 Å². The van der Waals surface area contributed by atoms with Gasteiger partial charge in [-0.05, 0) is 38.5 Å². The van der Waals surface area contributed by atoms with Crippen LogP contribution in [-0.4, -0.2) is 193 Å². The molecule has 0 radical (unpaired) electrons. The number of aliphatic hydroxyl groups excluding tert-OH is 11. The van der Waals surface area contributed by atoms with Crippen LogP contribution < -0.4 is 5.32 Å². The van der Waals surface area contributed by atoms with Gasteiger partial charge in [-0.15, -0.1) is 0 Å². The third-order valence-corrected chi connectivity index (χ3v) is 18.2. The van der Waals surface area contributed by atoms with Gasteiger partial charge < -0.3 is 89.9 Å². The van der Waals surface area contributed by atoms with Crippen LogP contribution in [0, 0.1) is 0 Å². The highest BCUT2D eigenvalue weighted by Crippen LogP contribution is 2.33. The Hall–Kier alpha value is -2.25. The number of aliphatic hydroxyl groups is 11. The predicted octanol–water partition coefficient (Wildman–Crippen LogP) is 10.2. The summed E-state index contributed by atoms with van der Waals surface area (Å²) in [5, 5.41) is 121. The van der Waals surface area contributed by atoms with Gasteiger partial charge in [0.2, 0.25) is 5.91 Å². The first kappa shape index (κ1) is 83.0. The molecule has 3 aliphatic rings. The van der Waals surface area contributed by atoms with Crippen LogP contribution in [0.2, 0.25) is 0 Å². The van der Waals surface area contributed by atoms with Gasteiger partial charge >= 0.3 is 0 Å². The van der Waals surface area contributed by atoms with Crippen molar-refractivity contribution in [1.29, 1.82) is 0 Å². The van der Waals surface area contributed by atoms with E-state index in [0.29, 0.717) is 19.3 Å². The fourth-order valence-corrected chi connectivity index (χ4v) is 12.3. The lowest BCUT2D eigenvalue weighted by atomic mass is 9.96. The summed E-state index contributed by atoms with van der Waals surface area (Å²) in [6, 6.07) is -0.927. The largest absolute Gasteiger partial charge is 0.394 e. The van der Waals surface area contributed by atoms with Crippen LogP contribution in [0.5, 0.6) is 0 Å². The molecule has 532 valence electrons. The van der Waals surface area contributed by atoms with Gasteiger partial charge in [0.1, 0.15) is 73.2 Å². The Balaban J connectivity index is 1.35. The molecule has 3 fully saturated rings. The summed E-state index contributed by atoms with van der Waals surface area (Å²) in [5.41, 5.74) is 0. The average molecular weight is 1300 g/mol. The molecule has 1 amide bonds. The van der Waals surface area contributed by atoms with Crippen LogP contribution >= 0.6 is 0 Å². The number of nitrogens with one attached hydrogen (secondary N) is 1. The van der Waals surface area contributed by atoms with Gasteiger partial charge in [0.15, 0.2) is 18.9 Å². The highest BCUT2D eigenvalue weighted by atomic mass is 16.8. The first-order valence-electron chi connectivity index (χ1n) is 36.4. The second-order valence-electron chi connectivity index (χ2n) is 26.0. The standard InChI is InChI=1S/C72H131NO18/c1-3-5-7-9-11-13-15-17-18-19-20-21-22-23-24-25-26-27-28-29-30-31-32-33-34-35-36-38-39-41-43-45-47-49-56(77)55(73-60(78)50-48-46-44-42-40-37-16-14-12-10-8-6-4-2)54-86-70-66(84)63(81)68(58(52-75)88-70)91-72-67(85)64(82)69(59(53-76)89-72)90-71-65(83)62(80)61(79)57(51-74)87-71/h6,8,12,14,37,40,44,46,55-59,61-72,74-77,79-85H,3-5,7,9-11,13,15-36,38-39,41-43,45,47-54H2,1-2H3,(H,73,78)/b8-6-,14-12-,40-37-,46-44-. The maximum Gasteiger partial charge on any atom is 0.220 e. The van der Waals surface area contributed by atoms with E-state index in [0.717, 1.165) is 44.9 Å². The molecule has 0 saturated carbocycles. The van der Waals surface area contributed by atoms with Crippen molar-refractivity contribution in [2.24, 2.45) is 0 Å². The minimum atomic E-state index is -1.98. The number of hydrogen-bond acceptors (Lipinski definition) is 18. The first-order valence-corrected chi connectivity index (χ1v) is 36.4. The van der Waals surface area contributed by atoms with Gasteiger partial charge in [-0.1, -0.05) is 274 Å². The third kappa shape index (κ3) is 35.5. The molecule has 0 aromatic heterocycles. The van der Waals surface area contributed by atoms with Crippen molar-refractivity contribution in [2.45, 2.75) is 375 Å². The molecule has 91 heavy (non-hydrogen) atoms. The summed E-state index contributed by atoms with van der Waals surface area (Å²) in [7, 11) is 0. The van der Waals surface area contributed by atoms with E-state index < -0.39 is 124 Å².